The molecule has 0 saturated heterocycles. The largest absolute Gasteiger partial charge is 0.321 e. The Morgan fingerprint density at radius 1 is 1.21 bits per heavy atom. The van der Waals surface area contributed by atoms with E-state index < -0.39 is 23.0 Å². The van der Waals surface area contributed by atoms with Gasteiger partial charge < -0.3 is 5.73 Å². The first-order valence-corrected chi connectivity index (χ1v) is 4.39. The molecule has 1 aliphatic rings. The van der Waals surface area contributed by atoms with Gasteiger partial charge in [-0.2, -0.15) is 0 Å². The molecule has 0 amide bonds. The van der Waals surface area contributed by atoms with Crippen LogP contribution in [0.1, 0.15) is 24.0 Å². The standard InChI is InChI=1S/C10H10F3N/c1-5-4-6(11)7(9(13)8(5)12)10(14)2-3-10/h4H,2-3,14H2,1H3. The van der Waals surface area contributed by atoms with Crippen LogP contribution in [0, 0.1) is 24.4 Å². The number of aryl methyl sites for hydroxylation is 1. The Labute approximate surface area is 79.7 Å². The normalized spacial score (nSPS) is 18.4. The van der Waals surface area contributed by atoms with Crippen LogP contribution in [0.3, 0.4) is 0 Å². The van der Waals surface area contributed by atoms with E-state index in [1.165, 1.54) is 6.92 Å². The van der Waals surface area contributed by atoms with Gasteiger partial charge in [0.1, 0.15) is 5.82 Å². The summed E-state index contributed by atoms with van der Waals surface area (Å²) in [6.07, 6.45) is 1.01. The van der Waals surface area contributed by atoms with Crippen molar-refractivity contribution >= 4 is 0 Å². The van der Waals surface area contributed by atoms with Gasteiger partial charge in [0.05, 0.1) is 0 Å². The van der Waals surface area contributed by atoms with Crippen LogP contribution in [-0.2, 0) is 5.54 Å². The molecule has 1 saturated carbocycles. The Hall–Kier alpha value is -1.03. The van der Waals surface area contributed by atoms with Gasteiger partial charge >= 0.3 is 0 Å². The molecule has 1 aliphatic carbocycles. The van der Waals surface area contributed by atoms with Crippen molar-refractivity contribution < 1.29 is 13.2 Å². The summed E-state index contributed by atoms with van der Waals surface area (Å²) in [5.41, 5.74) is 4.32. The maximum Gasteiger partial charge on any atom is 0.167 e. The lowest BCUT2D eigenvalue weighted by Crippen LogP contribution is -2.23. The van der Waals surface area contributed by atoms with Gasteiger partial charge in [-0.3, -0.25) is 0 Å². The molecule has 0 atom stereocenters. The van der Waals surface area contributed by atoms with E-state index in [0.29, 0.717) is 12.8 Å². The van der Waals surface area contributed by atoms with Gasteiger partial charge in [0.25, 0.3) is 0 Å². The van der Waals surface area contributed by atoms with Crippen molar-refractivity contribution in [2.45, 2.75) is 25.3 Å². The summed E-state index contributed by atoms with van der Waals surface area (Å²) >= 11 is 0. The van der Waals surface area contributed by atoms with Crippen molar-refractivity contribution in [2.75, 3.05) is 0 Å². The van der Waals surface area contributed by atoms with Gasteiger partial charge in [-0.25, -0.2) is 13.2 Å². The second kappa shape index (κ2) is 2.73. The third-order valence-corrected chi connectivity index (χ3v) is 2.63. The minimum atomic E-state index is -1.14. The topological polar surface area (TPSA) is 26.0 Å². The molecule has 14 heavy (non-hydrogen) atoms. The second-order valence-corrected chi connectivity index (χ2v) is 3.83. The third-order valence-electron chi connectivity index (χ3n) is 2.63. The molecular formula is C10H10F3N. The van der Waals surface area contributed by atoms with Crippen LogP contribution in [-0.4, -0.2) is 0 Å². The predicted molar refractivity (Wildman–Crippen MR) is 46.2 cm³/mol. The van der Waals surface area contributed by atoms with E-state index in [2.05, 4.69) is 0 Å². The highest BCUT2D eigenvalue weighted by atomic mass is 19.2. The lowest BCUT2D eigenvalue weighted by atomic mass is 10.0. The Bertz CT molecular complexity index is 397. The van der Waals surface area contributed by atoms with Crippen LogP contribution in [0.25, 0.3) is 0 Å². The van der Waals surface area contributed by atoms with Crippen molar-refractivity contribution in [3.8, 4) is 0 Å². The van der Waals surface area contributed by atoms with E-state index >= 15 is 0 Å². The highest BCUT2D eigenvalue weighted by Crippen LogP contribution is 2.45. The summed E-state index contributed by atoms with van der Waals surface area (Å²) in [6, 6.07) is 0.987. The maximum atomic E-state index is 13.4. The lowest BCUT2D eigenvalue weighted by molar-refractivity contribution is 0.456. The van der Waals surface area contributed by atoms with Crippen LogP contribution in [0.2, 0.25) is 0 Å². The quantitative estimate of drug-likeness (QED) is 0.693. The summed E-state index contributed by atoms with van der Waals surface area (Å²) in [7, 11) is 0. The summed E-state index contributed by atoms with van der Waals surface area (Å²) < 4.78 is 39.8. The van der Waals surface area contributed by atoms with Crippen molar-refractivity contribution in [3.05, 3.63) is 34.6 Å². The second-order valence-electron chi connectivity index (χ2n) is 3.83. The molecular weight excluding hydrogens is 191 g/mol. The zero-order chi connectivity index (χ0) is 10.5. The molecule has 0 radical (unpaired) electrons. The Kier molecular flexibility index (Phi) is 1.86. The number of halogens is 3. The lowest BCUT2D eigenvalue weighted by Gasteiger charge is -2.13. The van der Waals surface area contributed by atoms with Crippen molar-refractivity contribution in [1.82, 2.24) is 0 Å². The van der Waals surface area contributed by atoms with E-state index in [-0.39, 0.29) is 11.1 Å². The number of rotatable bonds is 1. The average Bonchev–Trinajstić information content (AvgIpc) is 2.80. The van der Waals surface area contributed by atoms with E-state index in [1.54, 1.807) is 0 Å². The molecule has 2 rings (SSSR count). The fraction of sp³-hybridized carbons (Fsp3) is 0.400. The van der Waals surface area contributed by atoms with Gasteiger partial charge in [0.15, 0.2) is 11.6 Å². The fourth-order valence-electron chi connectivity index (χ4n) is 1.55. The third kappa shape index (κ3) is 1.21. The highest BCUT2D eigenvalue weighted by Gasteiger charge is 2.45. The van der Waals surface area contributed by atoms with E-state index in [4.69, 9.17) is 5.73 Å². The van der Waals surface area contributed by atoms with Crippen molar-refractivity contribution in [2.24, 2.45) is 5.73 Å². The molecule has 0 heterocycles. The molecule has 4 heteroatoms. The van der Waals surface area contributed by atoms with E-state index in [1.807, 2.05) is 0 Å². The summed E-state index contributed by atoms with van der Waals surface area (Å²) in [6.45, 7) is 1.32. The van der Waals surface area contributed by atoms with Gasteiger partial charge in [-0.05, 0) is 31.4 Å². The molecule has 1 aromatic rings. The van der Waals surface area contributed by atoms with E-state index in [9.17, 15) is 13.2 Å². The van der Waals surface area contributed by atoms with Gasteiger partial charge in [-0.15, -0.1) is 0 Å². The molecule has 0 unspecified atom stereocenters. The monoisotopic (exact) mass is 201 g/mol. The molecule has 1 nitrogen and oxygen atoms in total. The summed E-state index contributed by atoms with van der Waals surface area (Å²) in [5.74, 6) is -2.89. The highest BCUT2D eigenvalue weighted by molar-refractivity contribution is 5.35. The Balaban J connectivity index is 2.65. The van der Waals surface area contributed by atoms with Gasteiger partial charge in [0, 0.05) is 11.1 Å². The van der Waals surface area contributed by atoms with E-state index in [0.717, 1.165) is 6.07 Å². The summed E-state index contributed by atoms with van der Waals surface area (Å²) in [5, 5.41) is 0. The minimum absolute atomic E-state index is 0.0343. The van der Waals surface area contributed by atoms with Crippen LogP contribution in [0.15, 0.2) is 6.07 Å². The minimum Gasteiger partial charge on any atom is -0.321 e. The average molecular weight is 201 g/mol. The molecule has 0 aliphatic heterocycles. The first-order valence-electron chi connectivity index (χ1n) is 4.39. The molecule has 0 spiro atoms. The number of hydrogen-bond donors (Lipinski definition) is 1. The molecule has 0 aromatic heterocycles. The van der Waals surface area contributed by atoms with Crippen LogP contribution in [0.4, 0.5) is 13.2 Å². The number of benzene rings is 1. The van der Waals surface area contributed by atoms with Crippen LogP contribution >= 0.6 is 0 Å². The molecule has 0 bridgehead atoms. The molecule has 1 aromatic carbocycles. The smallest absolute Gasteiger partial charge is 0.167 e. The zero-order valence-electron chi connectivity index (χ0n) is 7.70. The Morgan fingerprint density at radius 2 is 1.79 bits per heavy atom. The molecule has 1 fully saturated rings. The molecule has 76 valence electrons. The van der Waals surface area contributed by atoms with Crippen LogP contribution < -0.4 is 5.73 Å². The molecule has 2 N–H and O–H groups in total. The SMILES string of the molecule is Cc1cc(F)c(C2(N)CC2)c(F)c1F. The first kappa shape index (κ1) is 9.52. The summed E-state index contributed by atoms with van der Waals surface area (Å²) in [4.78, 5) is 0. The van der Waals surface area contributed by atoms with Crippen LogP contribution in [0.5, 0.6) is 0 Å². The maximum absolute atomic E-state index is 13.4. The van der Waals surface area contributed by atoms with Gasteiger partial charge in [0.2, 0.25) is 0 Å². The number of hydrogen-bond acceptors (Lipinski definition) is 1. The zero-order valence-corrected chi connectivity index (χ0v) is 7.70. The number of nitrogens with two attached hydrogens (primary N) is 1. The Morgan fingerprint density at radius 3 is 2.29 bits per heavy atom. The fourth-order valence-corrected chi connectivity index (χ4v) is 1.55. The predicted octanol–water partition coefficient (Wildman–Crippen LogP) is 2.36. The van der Waals surface area contributed by atoms with Gasteiger partial charge in [-0.1, -0.05) is 0 Å². The first-order chi connectivity index (χ1) is 6.46. The van der Waals surface area contributed by atoms with Crippen molar-refractivity contribution in [1.29, 1.82) is 0 Å². The van der Waals surface area contributed by atoms with Crippen molar-refractivity contribution in [3.63, 3.8) is 0 Å².